The average Bonchev–Trinajstić information content (AvgIpc) is 3.37. The Labute approximate surface area is 184 Å². The van der Waals surface area contributed by atoms with Crippen LogP contribution in [0.2, 0.25) is 0 Å². The third kappa shape index (κ3) is 4.53. The summed E-state index contributed by atoms with van der Waals surface area (Å²) in [5.74, 6) is 1.46. The van der Waals surface area contributed by atoms with E-state index in [1.807, 2.05) is 51.2 Å². The summed E-state index contributed by atoms with van der Waals surface area (Å²) in [7, 11) is 0. The van der Waals surface area contributed by atoms with Crippen molar-refractivity contribution >= 4 is 22.0 Å². The van der Waals surface area contributed by atoms with Gasteiger partial charge < -0.3 is 9.72 Å². The van der Waals surface area contributed by atoms with Crippen LogP contribution in [0.4, 0.5) is 4.79 Å². The fraction of sp³-hybridized carbons (Fsp3) is 0.364. The minimum absolute atomic E-state index is 0.0935. The fourth-order valence-corrected chi connectivity index (χ4v) is 3.71. The Bertz CT molecular complexity index is 1020. The zero-order valence-corrected chi connectivity index (χ0v) is 18.8. The molecule has 0 aliphatic carbocycles. The number of carbonyl (C=O) groups is 1. The normalized spacial score (nSPS) is 16.7. The first kappa shape index (κ1) is 20.5. The number of amides is 1. The minimum Gasteiger partial charge on any atom is -0.444 e. The van der Waals surface area contributed by atoms with Crippen LogP contribution in [-0.4, -0.2) is 43.1 Å². The maximum Gasteiger partial charge on any atom is 0.410 e. The Kier molecular flexibility index (Phi) is 5.60. The van der Waals surface area contributed by atoms with E-state index in [1.165, 1.54) is 0 Å². The SMILES string of the molecule is CC(C)(C)OC(=O)N1CCC[C@H]1c1ncc(-c2ccc(-c3ncc(Br)cn3)cc2)[nH]1. The molecule has 3 aromatic rings. The molecule has 0 saturated carbocycles. The highest BCUT2D eigenvalue weighted by atomic mass is 79.9. The summed E-state index contributed by atoms with van der Waals surface area (Å²) in [6, 6.07) is 7.91. The summed E-state index contributed by atoms with van der Waals surface area (Å²) in [5, 5.41) is 0. The van der Waals surface area contributed by atoms with Gasteiger partial charge in [0.25, 0.3) is 0 Å². The van der Waals surface area contributed by atoms with Crippen molar-refractivity contribution in [1.29, 1.82) is 0 Å². The van der Waals surface area contributed by atoms with Crippen LogP contribution < -0.4 is 0 Å². The van der Waals surface area contributed by atoms with Crippen LogP contribution in [0.1, 0.15) is 45.5 Å². The minimum atomic E-state index is -0.515. The second kappa shape index (κ2) is 8.18. The number of halogens is 1. The van der Waals surface area contributed by atoms with Crippen LogP contribution >= 0.6 is 15.9 Å². The van der Waals surface area contributed by atoms with E-state index >= 15 is 0 Å². The molecule has 1 amide bonds. The van der Waals surface area contributed by atoms with E-state index in [1.54, 1.807) is 17.3 Å². The Morgan fingerprint density at radius 2 is 1.77 bits per heavy atom. The summed E-state index contributed by atoms with van der Waals surface area (Å²) < 4.78 is 6.41. The molecule has 1 aliphatic rings. The molecule has 2 aromatic heterocycles. The molecule has 1 atom stereocenters. The van der Waals surface area contributed by atoms with Gasteiger partial charge in [0.1, 0.15) is 11.4 Å². The molecule has 0 spiro atoms. The Morgan fingerprint density at radius 3 is 2.43 bits per heavy atom. The second-order valence-corrected chi connectivity index (χ2v) is 9.23. The number of nitrogens with zero attached hydrogens (tertiary/aromatic N) is 4. The molecule has 0 radical (unpaired) electrons. The van der Waals surface area contributed by atoms with E-state index in [4.69, 9.17) is 4.74 Å². The molecular weight excluding hydrogens is 446 g/mol. The van der Waals surface area contributed by atoms with Gasteiger partial charge in [-0.25, -0.2) is 19.7 Å². The van der Waals surface area contributed by atoms with Crippen LogP contribution in [0, 0.1) is 0 Å². The van der Waals surface area contributed by atoms with E-state index in [2.05, 4.69) is 35.9 Å². The fourth-order valence-electron chi connectivity index (χ4n) is 3.50. The number of aromatic nitrogens is 4. The van der Waals surface area contributed by atoms with Crippen molar-refractivity contribution in [3.63, 3.8) is 0 Å². The zero-order valence-electron chi connectivity index (χ0n) is 17.2. The molecular formula is C22H24BrN5O2. The number of aromatic amines is 1. The number of imidazole rings is 1. The number of rotatable bonds is 3. The van der Waals surface area contributed by atoms with E-state index in [0.29, 0.717) is 12.4 Å². The van der Waals surface area contributed by atoms with Gasteiger partial charge in [-0.2, -0.15) is 0 Å². The number of ether oxygens (including phenoxy) is 1. The van der Waals surface area contributed by atoms with Crippen LogP contribution in [0.3, 0.4) is 0 Å². The van der Waals surface area contributed by atoms with Crippen molar-refractivity contribution in [3.8, 4) is 22.6 Å². The first-order valence-corrected chi connectivity index (χ1v) is 10.7. The predicted octanol–water partition coefficient (Wildman–Crippen LogP) is 5.37. The topological polar surface area (TPSA) is 84.0 Å². The molecule has 30 heavy (non-hydrogen) atoms. The van der Waals surface area contributed by atoms with Crippen LogP contribution in [0.25, 0.3) is 22.6 Å². The van der Waals surface area contributed by atoms with Gasteiger partial charge in [0, 0.05) is 24.5 Å². The zero-order chi connectivity index (χ0) is 21.3. The van der Waals surface area contributed by atoms with Crippen molar-refractivity contribution in [2.75, 3.05) is 6.54 Å². The van der Waals surface area contributed by atoms with E-state index in [9.17, 15) is 4.79 Å². The van der Waals surface area contributed by atoms with Crippen molar-refractivity contribution in [1.82, 2.24) is 24.8 Å². The summed E-state index contributed by atoms with van der Waals surface area (Å²) in [6.45, 7) is 6.31. The molecule has 1 N–H and O–H groups in total. The second-order valence-electron chi connectivity index (χ2n) is 8.32. The van der Waals surface area contributed by atoms with Gasteiger partial charge in [0.15, 0.2) is 5.82 Å². The summed E-state index contributed by atoms with van der Waals surface area (Å²) in [5.41, 5.74) is 2.34. The number of likely N-dealkylation sites (tertiary alicyclic amines) is 1. The molecule has 1 aromatic carbocycles. The van der Waals surface area contributed by atoms with E-state index < -0.39 is 5.60 Å². The summed E-state index contributed by atoms with van der Waals surface area (Å²) in [6.07, 6.45) is 6.78. The Balaban J connectivity index is 1.51. The molecule has 1 saturated heterocycles. The molecule has 0 unspecified atom stereocenters. The number of hydrogen-bond acceptors (Lipinski definition) is 5. The van der Waals surface area contributed by atoms with Gasteiger partial charge >= 0.3 is 6.09 Å². The van der Waals surface area contributed by atoms with Gasteiger partial charge in [-0.1, -0.05) is 24.3 Å². The highest BCUT2D eigenvalue weighted by Gasteiger charge is 2.34. The smallest absolute Gasteiger partial charge is 0.410 e. The number of nitrogens with one attached hydrogen (secondary N) is 1. The lowest BCUT2D eigenvalue weighted by molar-refractivity contribution is 0.0218. The summed E-state index contributed by atoms with van der Waals surface area (Å²) in [4.78, 5) is 30.9. The van der Waals surface area contributed by atoms with Gasteiger partial charge in [0.05, 0.1) is 22.4 Å². The monoisotopic (exact) mass is 469 g/mol. The first-order valence-electron chi connectivity index (χ1n) is 9.93. The highest BCUT2D eigenvalue weighted by molar-refractivity contribution is 9.10. The molecule has 4 rings (SSSR count). The molecule has 0 bridgehead atoms. The highest BCUT2D eigenvalue weighted by Crippen LogP contribution is 2.33. The van der Waals surface area contributed by atoms with Gasteiger partial charge in [-0.15, -0.1) is 0 Å². The Hall–Kier alpha value is -2.74. The third-order valence-corrected chi connectivity index (χ3v) is 5.28. The number of benzene rings is 1. The van der Waals surface area contributed by atoms with E-state index in [0.717, 1.165) is 40.0 Å². The predicted molar refractivity (Wildman–Crippen MR) is 118 cm³/mol. The van der Waals surface area contributed by atoms with Crippen LogP contribution in [-0.2, 0) is 4.74 Å². The molecule has 1 aliphatic heterocycles. The first-order chi connectivity index (χ1) is 14.3. The van der Waals surface area contributed by atoms with Crippen molar-refractivity contribution < 1.29 is 9.53 Å². The van der Waals surface area contributed by atoms with Crippen molar-refractivity contribution in [2.24, 2.45) is 0 Å². The molecule has 156 valence electrons. The lowest BCUT2D eigenvalue weighted by Crippen LogP contribution is -2.36. The lowest BCUT2D eigenvalue weighted by Gasteiger charge is -2.27. The molecule has 3 heterocycles. The van der Waals surface area contributed by atoms with E-state index in [-0.39, 0.29) is 12.1 Å². The van der Waals surface area contributed by atoms with Gasteiger partial charge in [0.2, 0.25) is 0 Å². The molecule has 1 fully saturated rings. The number of hydrogen-bond donors (Lipinski definition) is 1. The molecule has 7 nitrogen and oxygen atoms in total. The van der Waals surface area contributed by atoms with Crippen molar-refractivity contribution in [2.45, 2.75) is 45.3 Å². The van der Waals surface area contributed by atoms with Gasteiger partial charge in [-0.05, 0) is 55.1 Å². The average molecular weight is 470 g/mol. The summed E-state index contributed by atoms with van der Waals surface area (Å²) >= 11 is 3.35. The number of carbonyl (C=O) groups excluding carboxylic acids is 1. The lowest BCUT2D eigenvalue weighted by atomic mass is 10.1. The molecule has 8 heteroatoms. The van der Waals surface area contributed by atoms with Crippen molar-refractivity contribution in [3.05, 3.63) is 53.2 Å². The van der Waals surface area contributed by atoms with Gasteiger partial charge in [-0.3, -0.25) is 4.90 Å². The maximum absolute atomic E-state index is 12.6. The standard InChI is InChI=1S/C22H24BrN5O2/c1-22(2,3)30-21(29)28-10-4-5-18(28)20-26-13-17(27-20)14-6-8-15(9-7-14)19-24-11-16(23)12-25-19/h6-9,11-13,18H,4-5,10H2,1-3H3,(H,26,27)/t18-/m0/s1. The third-order valence-electron chi connectivity index (χ3n) is 4.87. The van der Waals surface area contributed by atoms with Crippen LogP contribution in [0.5, 0.6) is 0 Å². The quantitative estimate of drug-likeness (QED) is 0.557. The number of H-pyrrole nitrogens is 1. The Morgan fingerprint density at radius 1 is 1.10 bits per heavy atom. The largest absolute Gasteiger partial charge is 0.444 e. The maximum atomic E-state index is 12.6. The van der Waals surface area contributed by atoms with Crippen LogP contribution in [0.15, 0.2) is 47.3 Å².